The molecule has 0 saturated carbocycles. The summed E-state index contributed by atoms with van der Waals surface area (Å²) in [6, 6.07) is 5.49. The maximum atomic E-state index is 11.7. The molecule has 2 N–H and O–H groups in total. The highest BCUT2D eigenvalue weighted by Crippen LogP contribution is 2.36. The first kappa shape index (κ1) is 18.5. The van der Waals surface area contributed by atoms with Gasteiger partial charge < -0.3 is 15.4 Å². The van der Waals surface area contributed by atoms with Crippen molar-refractivity contribution in [1.82, 2.24) is 15.0 Å². The Labute approximate surface area is 159 Å². The molecule has 2 heterocycles. The van der Waals surface area contributed by atoms with Crippen LogP contribution in [0.15, 0.2) is 24.5 Å². The molecule has 1 aromatic carbocycles. The highest BCUT2D eigenvalue weighted by Gasteiger charge is 2.25. The number of nitrogens with one attached hydrogen (secondary N) is 2. The van der Waals surface area contributed by atoms with Crippen molar-refractivity contribution < 1.29 is 9.66 Å². The van der Waals surface area contributed by atoms with E-state index < -0.39 is 4.92 Å². The number of nitro groups is 1. The van der Waals surface area contributed by atoms with E-state index in [9.17, 15) is 10.1 Å². The molecule has 0 saturated heterocycles. The maximum absolute atomic E-state index is 11.7. The maximum Gasteiger partial charge on any atom is 0.353 e. The van der Waals surface area contributed by atoms with Gasteiger partial charge >= 0.3 is 5.69 Å². The van der Waals surface area contributed by atoms with Crippen LogP contribution in [0.5, 0.6) is 5.75 Å². The molecule has 0 aliphatic heterocycles. The summed E-state index contributed by atoms with van der Waals surface area (Å²) >= 11 is 1.40. The molecule has 2 aromatic heterocycles. The lowest BCUT2D eigenvalue weighted by Gasteiger charge is -2.12. The lowest BCUT2D eigenvalue weighted by atomic mass is 10.2. The number of hydrogen-bond donors (Lipinski definition) is 2. The predicted molar refractivity (Wildman–Crippen MR) is 105 cm³/mol. The van der Waals surface area contributed by atoms with Crippen molar-refractivity contribution in [1.29, 1.82) is 0 Å². The third-order valence-electron chi connectivity index (χ3n) is 3.87. The third-order valence-corrected chi connectivity index (χ3v) is 4.86. The molecule has 9 nitrogen and oxygen atoms in total. The highest BCUT2D eigenvalue weighted by molar-refractivity contribution is 7.15. The number of hydrogen-bond acceptors (Lipinski definition) is 9. The summed E-state index contributed by atoms with van der Waals surface area (Å²) in [6.45, 7) is 5.73. The minimum Gasteiger partial charge on any atom is -0.495 e. The number of aromatic nitrogens is 3. The van der Waals surface area contributed by atoms with Crippen molar-refractivity contribution in [2.45, 2.75) is 20.8 Å². The van der Waals surface area contributed by atoms with Crippen LogP contribution in [0.25, 0.3) is 0 Å². The van der Waals surface area contributed by atoms with Crippen LogP contribution in [-0.2, 0) is 0 Å². The summed E-state index contributed by atoms with van der Waals surface area (Å²) in [7, 11) is 1.53. The minimum absolute atomic E-state index is 0.0615. The first-order valence-corrected chi connectivity index (χ1v) is 8.82. The second-order valence-corrected chi connectivity index (χ2v) is 6.99. The normalized spacial score (nSPS) is 10.5. The molecule has 27 heavy (non-hydrogen) atoms. The number of methoxy groups -OCH3 is 1. The summed E-state index contributed by atoms with van der Waals surface area (Å²) in [4.78, 5) is 24.6. The lowest BCUT2D eigenvalue weighted by molar-refractivity contribution is -0.383. The van der Waals surface area contributed by atoms with Gasteiger partial charge in [0.25, 0.3) is 0 Å². The molecule has 0 atom stereocenters. The van der Waals surface area contributed by atoms with Crippen LogP contribution < -0.4 is 15.4 Å². The predicted octanol–water partition coefficient (Wildman–Crippen LogP) is 4.26. The van der Waals surface area contributed by atoms with Crippen LogP contribution in [0.1, 0.15) is 16.1 Å². The Morgan fingerprint density at radius 3 is 2.44 bits per heavy atom. The molecular formula is C17H18N6O3S. The molecule has 0 unspecified atom stereocenters. The number of thiazole rings is 1. The molecule has 0 aliphatic carbocycles. The fraction of sp³-hybridized carbons (Fsp3) is 0.235. The lowest BCUT2D eigenvalue weighted by Crippen LogP contribution is -2.06. The zero-order valence-electron chi connectivity index (χ0n) is 15.2. The SMILES string of the molecule is COc1ccc(C)cc1Nc1ncnc(Nc2nc(C)c(C)s2)c1[N+](=O)[O-]. The summed E-state index contributed by atoms with van der Waals surface area (Å²) < 4.78 is 5.31. The van der Waals surface area contributed by atoms with Gasteiger partial charge in [0, 0.05) is 4.88 Å². The molecule has 0 aliphatic rings. The van der Waals surface area contributed by atoms with Gasteiger partial charge in [-0.15, -0.1) is 11.3 Å². The minimum atomic E-state index is -0.528. The van der Waals surface area contributed by atoms with Crippen LogP contribution >= 0.6 is 11.3 Å². The van der Waals surface area contributed by atoms with Gasteiger partial charge in [0.2, 0.25) is 11.6 Å². The van der Waals surface area contributed by atoms with Crippen molar-refractivity contribution >= 4 is 39.5 Å². The van der Waals surface area contributed by atoms with Gasteiger partial charge in [-0.2, -0.15) is 0 Å². The van der Waals surface area contributed by atoms with E-state index in [1.165, 1.54) is 24.8 Å². The number of nitrogens with zero attached hydrogens (tertiary/aromatic N) is 4. The van der Waals surface area contributed by atoms with E-state index >= 15 is 0 Å². The summed E-state index contributed by atoms with van der Waals surface area (Å²) in [6.07, 6.45) is 1.26. The molecule has 3 aromatic rings. The van der Waals surface area contributed by atoms with Crippen molar-refractivity contribution in [3.8, 4) is 5.75 Å². The molecule has 10 heteroatoms. The largest absolute Gasteiger partial charge is 0.495 e. The summed E-state index contributed by atoms with van der Waals surface area (Å²) in [5, 5.41) is 18.2. The first-order chi connectivity index (χ1) is 12.9. The molecule has 3 rings (SSSR count). The Hall–Kier alpha value is -3.27. The Kier molecular flexibility index (Phi) is 5.17. The average Bonchev–Trinajstić information content (AvgIpc) is 2.92. The average molecular weight is 386 g/mol. The van der Waals surface area contributed by atoms with Gasteiger partial charge in [0.05, 0.1) is 23.4 Å². The smallest absolute Gasteiger partial charge is 0.353 e. The van der Waals surface area contributed by atoms with Crippen molar-refractivity contribution in [3.63, 3.8) is 0 Å². The Morgan fingerprint density at radius 1 is 1.15 bits per heavy atom. The van der Waals surface area contributed by atoms with Gasteiger partial charge in [0.1, 0.15) is 12.1 Å². The van der Waals surface area contributed by atoms with E-state index in [2.05, 4.69) is 25.6 Å². The van der Waals surface area contributed by atoms with Gasteiger partial charge in [-0.1, -0.05) is 6.07 Å². The van der Waals surface area contributed by atoms with E-state index in [0.29, 0.717) is 16.6 Å². The monoisotopic (exact) mass is 386 g/mol. The third kappa shape index (κ3) is 3.95. The summed E-state index contributed by atoms with van der Waals surface area (Å²) in [5.74, 6) is 0.679. The first-order valence-electron chi connectivity index (χ1n) is 8.01. The van der Waals surface area contributed by atoms with Gasteiger partial charge in [-0.05, 0) is 38.5 Å². The molecule has 0 fully saturated rings. The summed E-state index contributed by atoms with van der Waals surface area (Å²) in [5.41, 5.74) is 2.14. The molecule has 0 spiro atoms. The van der Waals surface area contributed by atoms with E-state index in [-0.39, 0.29) is 17.3 Å². The van der Waals surface area contributed by atoms with Crippen LogP contribution in [0.3, 0.4) is 0 Å². The Balaban J connectivity index is 2.01. The number of rotatable bonds is 6. The second kappa shape index (κ2) is 7.54. The quantitative estimate of drug-likeness (QED) is 0.477. The zero-order valence-corrected chi connectivity index (χ0v) is 16.0. The highest BCUT2D eigenvalue weighted by atomic mass is 32.1. The molecule has 0 radical (unpaired) electrons. The Bertz CT molecular complexity index is 985. The van der Waals surface area contributed by atoms with Gasteiger partial charge in [-0.3, -0.25) is 10.1 Å². The number of aryl methyl sites for hydroxylation is 3. The Morgan fingerprint density at radius 2 is 1.85 bits per heavy atom. The fourth-order valence-corrected chi connectivity index (χ4v) is 3.22. The molecule has 140 valence electrons. The van der Waals surface area contributed by atoms with E-state index in [1.807, 2.05) is 32.9 Å². The molecular weight excluding hydrogens is 368 g/mol. The molecule has 0 amide bonds. The van der Waals surface area contributed by atoms with Gasteiger partial charge in [0.15, 0.2) is 5.13 Å². The van der Waals surface area contributed by atoms with Crippen LogP contribution in [0.2, 0.25) is 0 Å². The van der Waals surface area contributed by atoms with E-state index in [1.54, 1.807) is 6.07 Å². The standard InChI is InChI=1S/C17H18N6O3S/c1-9-5-6-13(26-4)12(7-9)21-15-14(23(24)25)16(19-8-18-15)22-17-20-10(2)11(3)27-17/h5-8H,1-4H3,(H2,18,19,20,21,22). The second-order valence-electron chi connectivity index (χ2n) is 5.79. The van der Waals surface area contributed by atoms with Crippen LogP contribution in [-0.4, -0.2) is 27.0 Å². The molecule has 0 bridgehead atoms. The van der Waals surface area contributed by atoms with Crippen LogP contribution in [0, 0.1) is 30.9 Å². The van der Waals surface area contributed by atoms with Crippen LogP contribution in [0.4, 0.5) is 28.1 Å². The van der Waals surface area contributed by atoms with Crippen molar-refractivity contribution in [2.75, 3.05) is 17.7 Å². The fourth-order valence-electron chi connectivity index (χ4n) is 2.41. The van der Waals surface area contributed by atoms with Crippen molar-refractivity contribution in [3.05, 3.63) is 50.8 Å². The topological polar surface area (TPSA) is 115 Å². The number of anilines is 4. The van der Waals surface area contributed by atoms with Gasteiger partial charge in [-0.25, -0.2) is 15.0 Å². The number of ether oxygens (including phenoxy) is 1. The zero-order chi connectivity index (χ0) is 19.6. The number of benzene rings is 1. The van der Waals surface area contributed by atoms with E-state index in [4.69, 9.17) is 4.74 Å². The van der Waals surface area contributed by atoms with Crippen molar-refractivity contribution in [2.24, 2.45) is 0 Å². The van der Waals surface area contributed by atoms with E-state index in [0.717, 1.165) is 16.1 Å².